The van der Waals surface area contributed by atoms with Crippen LogP contribution in [-0.4, -0.2) is 42.2 Å². The van der Waals surface area contributed by atoms with Gasteiger partial charge in [0.1, 0.15) is 0 Å². The molecule has 0 saturated carbocycles. The fourth-order valence-corrected chi connectivity index (χ4v) is 3.08. The van der Waals surface area contributed by atoms with Gasteiger partial charge in [-0.2, -0.15) is 4.98 Å². The van der Waals surface area contributed by atoms with Crippen molar-refractivity contribution < 1.29 is 23.6 Å². The Morgan fingerprint density at radius 3 is 2.58 bits per heavy atom. The molecule has 2 amide bonds. The van der Waals surface area contributed by atoms with Crippen LogP contribution >= 0.6 is 0 Å². The molecule has 9 heteroatoms. The van der Waals surface area contributed by atoms with Gasteiger partial charge in [0, 0.05) is 24.4 Å². The van der Waals surface area contributed by atoms with Crippen LogP contribution in [0.1, 0.15) is 42.9 Å². The predicted molar refractivity (Wildman–Crippen MR) is 123 cm³/mol. The summed E-state index contributed by atoms with van der Waals surface area (Å²) in [4.78, 5) is 29.4. The van der Waals surface area contributed by atoms with Gasteiger partial charge in [0.25, 0.3) is 5.91 Å². The Morgan fingerprint density at radius 1 is 1.09 bits per heavy atom. The van der Waals surface area contributed by atoms with Gasteiger partial charge >= 0.3 is 0 Å². The normalized spacial score (nSPS) is 11.5. The minimum atomic E-state index is -0.260. The van der Waals surface area contributed by atoms with Crippen LogP contribution < -0.4 is 20.1 Å². The van der Waals surface area contributed by atoms with Crippen molar-refractivity contribution in [3.05, 3.63) is 53.9 Å². The quantitative estimate of drug-likeness (QED) is 0.480. The Balaban J connectivity index is 1.62. The summed E-state index contributed by atoms with van der Waals surface area (Å²) in [6.45, 7) is 3.92. The van der Waals surface area contributed by atoms with Crippen LogP contribution in [0.2, 0.25) is 0 Å². The fraction of sp³-hybridized carbons (Fsp3) is 0.333. The smallest absolute Gasteiger partial charge is 0.253 e. The zero-order valence-corrected chi connectivity index (χ0v) is 19.2. The molecule has 0 aliphatic heterocycles. The molecular weight excluding hydrogens is 424 g/mol. The van der Waals surface area contributed by atoms with Crippen LogP contribution in [0.5, 0.6) is 11.5 Å². The van der Waals surface area contributed by atoms with Gasteiger partial charge < -0.3 is 24.6 Å². The third-order valence-electron chi connectivity index (χ3n) is 5.11. The molecule has 9 nitrogen and oxygen atoms in total. The SMILES string of the molecule is CC[C@@H](C)NC(=O)c1ccccc1NC(=O)CCc1nc(-c2ccc(OC)c(OC)c2)no1. The highest BCUT2D eigenvalue weighted by atomic mass is 16.5. The van der Waals surface area contributed by atoms with Gasteiger partial charge in [0.05, 0.1) is 25.5 Å². The Hall–Kier alpha value is -3.88. The molecule has 0 spiro atoms. The maximum Gasteiger partial charge on any atom is 0.253 e. The molecule has 1 atom stereocenters. The molecule has 0 bridgehead atoms. The van der Waals surface area contributed by atoms with Gasteiger partial charge in [-0.15, -0.1) is 0 Å². The Kier molecular flexibility index (Phi) is 8.01. The van der Waals surface area contributed by atoms with Crippen LogP contribution in [0, 0.1) is 0 Å². The second-order valence-corrected chi connectivity index (χ2v) is 7.46. The number of carbonyl (C=O) groups excluding carboxylic acids is 2. The minimum Gasteiger partial charge on any atom is -0.493 e. The van der Waals surface area contributed by atoms with E-state index in [0.717, 1.165) is 6.42 Å². The number of benzene rings is 2. The number of hydrogen-bond acceptors (Lipinski definition) is 7. The predicted octanol–water partition coefficient (Wildman–Crippen LogP) is 3.85. The summed E-state index contributed by atoms with van der Waals surface area (Å²) in [5, 5.41) is 9.69. The lowest BCUT2D eigenvalue weighted by Crippen LogP contribution is -2.32. The van der Waals surface area contributed by atoms with E-state index in [2.05, 4.69) is 20.8 Å². The van der Waals surface area contributed by atoms with Crippen molar-refractivity contribution in [3.63, 3.8) is 0 Å². The molecule has 2 N–H and O–H groups in total. The molecule has 1 heterocycles. The molecule has 3 rings (SSSR count). The number of aromatic nitrogens is 2. The summed E-state index contributed by atoms with van der Waals surface area (Å²) in [5.74, 6) is 1.38. The summed E-state index contributed by atoms with van der Waals surface area (Å²) < 4.78 is 15.8. The van der Waals surface area contributed by atoms with Crippen LogP contribution in [0.15, 0.2) is 47.0 Å². The highest BCUT2D eigenvalue weighted by molar-refractivity contribution is 6.03. The van der Waals surface area contributed by atoms with Crippen molar-refractivity contribution >= 4 is 17.5 Å². The van der Waals surface area contributed by atoms with Crippen molar-refractivity contribution in [3.8, 4) is 22.9 Å². The summed E-state index contributed by atoms with van der Waals surface area (Å²) in [5.41, 5.74) is 1.58. The van der Waals surface area contributed by atoms with E-state index in [1.165, 1.54) is 0 Å². The number of amides is 2. The lowest BCUT2D eigenvalue weighted by molar-refractivity contribution is -0.116. The van der Waals surface area contributed by atoms with Crippen molar-refractivity contribution in [1.82, 2.24) is 15.5 Å². The number of anilines is 1. The van der Waals surface area contributed by atoms with Crippen molar-refractivity contribution in [1.29, 1.82) is 0 Å². The second-order valence-electron chi connectivity index (χ2n) is 7.46. The molecule has 2 aromatic carbocycles. The zero-order chi connectivity index (χ0) is 23.8. The van der Waals surface area contributed by atoms with E-state index in [1.54, 1.807) is 56.7 Å². The summed E-state index contributed by atoms with van der Waals surface area (Å²) in [6.07, 6.45) is 1.19. The maximum absolute atomic E-state index is 12.5. The number of methoxy groups -OCH3 is 2. The summed E-state index contributed by atoms with van der Waals surface area (Å²) in [6, 6.07) is 12.3. The average molecular weight is 453 g/mol. The van der Waals surface area contributed by atoms with Crippen molar-refractivity contribution in [2.45, 2.75) is 39.2 Å². The number of hydrogen-bond donors (Lipinski definition) is 2. The van der Waals surface area contributed by atoms with E-state index in [-0.39, 0.29) is 30.7 Å². The van der Waals surface area contributed by atoms with Gasteiger partial charge in [0.2, 0.25) is 17.6 Å². The number of para-hydroxylation sites is 1. The molecule has 0 radical (unpaired) electrons. The van der Waals surface area contributed by atoms with E-state index in [1.807, 2.05) is 13.8 Å². The first-order valence-corrected chi connectivity index (χ1v) is 10.7. The highest BCUT2D eigenvalue weighted by Gasteiger charge is 2.16. The lowest BCUT2D eigenvalue weighted by atomic mass is 10.1. The summed E-state index contributed by atoms with van der Waals surface area (Å²) in [7, 11) is 3.11. The standard InChI is InChI=1S/C24H28N4O5/c1-5-15(2)25-24(30)17-8-6-7-9-18(17)26-21(29)12-13-22-27-23(28-33-22)16-10-11-19(31-3)20(14-16)32-4/h6-11,14-15H,5,12-13H2,1-4H3,(H,25,30)(H,26,29)/t15-/m1/s1. The molecular formula is C24H28N4O5. The van der Waals surface area contributed by atoms with Crippen molar-refractivity contribution in [2.24, 2.45) is 0 Å². The number of nitrogens with one attached hydrogen (secondary N) is 2. The molecule has 174 valence electrons. The Labute approximate surface area is 192 Å². The van der Waals surface area contributed by atoms with E-state index in [0.29, 0.717) is 40.0 Å². The fourth-order valence-electron chi connectivity index (χ4n) is 3.08. The second kappa shape index (κ2) is 11.1. The van der Waals surface area contributed by atoms with E-state index in [4.69, 9.17) is 14.0 Å². The first-order chi connectivity index (χ1) is 15.9. The molecule has 1 aromatic heterocycles. The third-order valence-corrected chi connectivity index (χ3v) is 5.11. The Morgan fingerprint density at radius 2 is 1.85 bits per heavy atom. The Bertz CT molecular complexity index is 1110. The molecule has 0 fully saturated rings. The number of rotatable bonds is 10. The minimum absolute atomic E-state index is 0.0404. The number of aryl methyl sites for hydroxylation is 1. The van der Waals surface area contributed by atoms with Gasteiger partial charge in [-0.05, 0) is 43.7 Å². The van der Waals surface area contributed by atoms with Crippen LogP contribution in [-0.2, 0) is 11.2 Å². The zero-order valence-electron chi connectivity index (χ0n) is 19.2. The number of ether oxygens (including phenoxy) is 2. The first-order valence-electron chi connectivity index (χ1n) is 10.7. The van der Waals surface area contributed by atoms with Crippen molar-refractivity contribution in [2.75, 3.05) is 19.5 Å². The average Bonchev–Trinajstić information content (AvgIpc) is 3.31. The topological polar surface area (TPSA) is 116 Å². The third kappa shape index (κ3) is 6.09. The molecule has 0 unspecified atom stereocenters. The van der Waals surface area contributed by atoms with Crippen LogP contribution in [0.4, 0.5) is 5.69 Å². The molecule has 33 heavy (non-hydrogen) atoms. The van der Waals surface area contributed by atoms with E-state index >= 15 is 0 Å². The van der Waals surface area contributed by atoms with Gasteiger partial charge in [-0.1, -0.05) is 24.2 Å². The first kappa shape index (κ1) is 23.8. The summed E-state index contributed by atoms with van der Waals surface area (Å²) >= 11 is 0. The lowest BCUT2D eigenvalue weighted by Gasteiger charge is -2.14. The van der Waals surface area contributed by atoms with Gasteiger partial charge in [-0.3, -0.25) is 9.59 Å². The molecule has 0 aliphatic rings. The van der Waals surface area contributed by atoms with Gasteiger partial charge in [0.15, 0.2) is 11.5 Å². The number of carbonyl (C=O) groups is 2. The molecule has 3 aromatic rings. The van der Waals surface area contributed by atoms with Gasteiger partial charge in [-0.25, -0.2) is 0 Å². The highest BCUT2D eigenvalue weighted by Crippen LogP contribution is 2.31. The largest absolute Gasteiger partial charge is 0.493 e. The van der Waals surface area contributed by atoms with E-state index < -0.39 is 0 Å². The van der Waals surface area contributed by atoms with Crippen LogP contribution in [0.25, 0.3) is 11.4 Å². The maximum atomic E-state index is 12.5. The molecule has 0 aliphatic carbocycles. The van der Waals surface area contributed by atoms with Crippen LogP contribution in [0.3, 0.4) is 0 Å². The molecule has 0 saturated heterocycles. The van der Waals surface area contributed by atoms with E-state index in [9.17, 15) is 9.59 Å². The monoisotopic (exact) mass is 452 g/mol. The number of nitrogens with zero attached hydrogens (tertiary/aromatic N) is 2.